The number of hydrogen-bond acceptors (Lipinski definition) is 6. The third-order valence-corrected chi connectivity index (χ3v) is 5.06. The van der Waals surface area contributed by atoms with E-state index >= 15 is 0 Å². The Hall–Kier alpha value is -2.29. The summed E-state index contributed by atoms with van der Waals surface area (Å²) in [6.07, 6.45) is 3.21. The van der Waals surface area contributed by atoms with Gasteiger partial charge < -0.3 is 25.4 Å². The van der Waals surface area contributed by atoms with Crippen LogP contribution in [-0.4, -0.2) is 54.4 Å². The highest BCUT2D eigenvalue weighted by Gasteiger charge is 2.25. The van der Waals surface area contributed by atoms with Gasteiger partial charge in [-0.25, -0.2) is 0 Å². The van der Waals surface area contributed by atoms with Crippen molar-refractivity contribution in [3.05, 3.63) is 35.4 Å². The molecule has 7 nitrogen and oxygen atoms in total. The molecule has 8 heteroatoms. The Morgan fingerprint density at radius 3 is 2.67 bits per heavy atom. The van der Waals surface area contributed by atoms with Crippen LogP contribution in [0.25, 0.3) is 5.70 Å². The number of carbonyl (C=O) groups excluding carboxylic acids is 2. The van der Waals surface area contributed by atoms with Gasteiger partial charge in [0.1, 0.15) is 12.3 Å². The van der Waals surface area contributed by atoms with Gasteiger partial charge in [0.2, 0.25) is 5.91 Å². The van der Waals surface area contributed by atoms with E-state index in [2.05, 4.69) is 5.32 Å². The molecule has 0 saturated carbocycles. The van der Waals surface area contributed by atoms with E-state index < -0.39 is 5.54 Å². The number of benzene rings is 1. The van der Waals surface area contributed by atoms with Gasteiger partial charge in [-0.2, -0.15) is 0 Å². The van der Waals surface area contributed by atoms with Gasteiger partial charge in [0.05, 0.1) is 24.4 Å². The van der Waals surface area contributed by atoms with Crippen LogP contribution in [0.5, 0.6) is 5.75 Å². The fourth-order valence-corrected chi connectivity index (χ4v) is 3.44. The molecule has 0 radical (unpaired) electrons. The third-order valence-electron chi connectivity index (χ3n) is 4.63. The molecule has 1 amide bonds. The molecule has 1 aliphatic heterocycles. The summed E-state index contributed by atoms with van der Waals surface area (Å²) in [6, 6.07) is 5.54. The normalized spacial score (nSPS) is 15.4. The number of thiocarbonyl (C=S) groups is 1. The third kappa shape index (κ3) is 6.90. The minimum absolute atomic E-state index is 0.000171. The molecule has 0 aliphatic carbocycles. The fourth-order valence-electron chi connectivity index (χ4n) is 3.13. The topological polar surface area (TPSA) is 93.9 Å². The number of hydrogen-bond donors (Lipinski definition) is 2. The zero-order valence-corrected chi connectivity index (χ0v) is 18.9. The molecule has 3 N–H and O–H groups in total. The van der Waals surface area contributed by atoms with E-state index in [1.54, 1.807) is 25.2 Å². The first-order chi connectivity index (χ1) is 14.1. The molecule has 2 rings (SSSR count). The highest BCUT2D eigenvalue weighted by atomic mass is 32.1. The summed E-state index contributed by atoms with van der Waals surface area (Å²) in [4.78, 5) is 27.5. The highest BCUT2D eigenvalue weighted by Crippen LogP contribution is 2.30. The molecule has 1 heterocycles. The molecule has 0 saturated heterocycles. The molecule has 0 unspecified atom stereocenters. The number of methoxy groups -OCH3 is 2. The van der Waals surface area contributed by atoms with Crippen molar-refractivity contribution in [2.75, 3.05) is 27.3 Å². The SMILES string of the molecule is COCc1cc(OC)ccc1C1=CC(=O)CCCC(=S)N1CC(=O)NCC(C)(C)N. The number of allylic oxidation sites excluding steroid dienone is 1. The molecular weight excluding hydrogens is 402 g/mol. The summed E-state index contributed by atoms with van der Waals surface area (Å²) >= 11 is 5.64. The van der Waals surface area contributed by atoms with Gasteiger partial charge in [0.25, 0.3) is 0 Å². The highest BCUT2D eigenvalue weighted by molar-refractivity contribution is 7.80. The number of nitrogens with two attached hydrogens (primary N) is 1. The second kappa shape index (κ2) is 10.7. The Morgan fingerprint density at radius 1 is 1.30 bits per heavy atom. The van der Waals surface area contributed by atoms with E-state index in [-0.39, 0.29) is 18.2 Å². The molecule has 0 bridgehead atoms. The van der Waals surface area contributed by atoms with Crippen LogP contribution >= 0.6 is 12.2 Å². The Balaban J connectivity index is 2.45. The summed E-state index contributed by atoms with van der Waals surface area (Å²) in [6.45, 7) is 4.35. The second-order valence-electron chi connectivity index (χ2n) is 8.05. The first-order valence-corrected chi connectivity index (χ1v) is 10.3. The Morgan fingerprint density at radius 2 is 2.03 bits per heavy atom. The molecule has 0 atom stereocenters. The van der Waals surface area contributed by atoms with Gasteiger partial charge in [0.15, 0.2) is 5.78 Å². The van der Waals surface area contributed by atoms with Gasteiger partial charge in [0, 0.05) is 37.3 Å². The summed E-state index contributed by atoms with van der Waals surface area (Å²) in [7, 11) is 3.19. The zero-order chi connectivity index (χ0) is 22.3. The van der Waals surface area contributed by atoms with Crippen molar-refractivity contribution in [2.24, 2.45) is 5.73 Å². The van der Waals surface area contributed by atoms with Crippen LogP contribution < -0.4 is 15.8 Å². The number of carbonyl (C=O) groups is 2. The minimum Gasteiger partial charge on any atom is -0.497 e. The molecule has 0 aromatic heterocycles. The fraction of sp³-hybridized carbons (Fsp3) is 0.500. The maximum Gasteiger partial charge on any atom is 0.240 e. The van der Waals surface area contributed by atoms with E-state index in [0.717, 1.165) is 11.1 Å². The first-order valence-electron chi connectivity index (χ1n) is 9.91. The number of ketones is 1. The number of amides is 1. The largest absolute Gasteiger partial charge is 0.497 e. The Kier molecular flexibility index (Phi) is 8.52. The number of nitrogens with zero attached hydrogens (tertiary/aromatic N) is 1. The summed E-state index contributed by atoms with van der Waals surface area (Å²) in [5.41, 5.74) is 7.66. The van der Waals surface area contributed by atoms with Crippen molar-refractivity contribution < 1.29 is 19.1 Å². The van der Waals surface area contributed by atoms with Crippen molar-refractivity contribution in [3.63, 3.8) is 0 Å². The van der Waals surface area contributed by atoms with Crippen molar-refractivity contribution in [3.8, 4) is 5.75 Å². The van der Waals surface area contributed by atoms with Crippen molar-refractivity contribution >= 4 is 34.6 Å². The van der Waals surface area contributed by atoms with Crippen LogP contribution in [0.2, 0.25) is 0 Å². The van der Waals surface area contributed by atoms with E-state index in [1.165, 1.54) is 0 Å². The van der Waals surface area contributed by atoms with Gasteiger partial charge in [-0.1, -0.05) is 12.2 Å². The van der Waals surface area contributed by atoms with Crippen LogP contribution in [0.1, 0.15) is 44.2 Å². The van der Waals surface area contributed by atoms with Crippen LogP contribution in [-0.2, 0) is 20.9 Å². The van der Waals surface area contributed by atoms with Crippen LogP contribution in [0.4, 0.5) is 0 Å². The maximum atomic E-state index is 12.6. The quantitative estimate of drug-likeness (QED) is 0.608. The lowest BCUT2D eigenvalue weighted by Gasteiger charge is -2.30. The smallest absolute Gasteiger partial charge is 0.240 e. The van der Waals surface area contributed by atoms with Gasteiger partial charge in [-0.15, -0.1) is 0 Å². The monoisotopic (exact) mass is 433 g/mol. The van der Waals surface area contributed by atoms with E-state index in [1.807, 2.05) is 32.0 Å². The van der Waals surface area contributed by atoms with E-state index in [0.29, 0.717) is 48.8 Å². The standard InChI is InChI=1S/C22H31N3O4S/c1-22(2,23)14-24-20(27)12-25-19(11-16(26)6-5-7-21(25)30)18-9-8-17(29-4)10-15(18)13-28-3/h8-11H,5-7,12-14,23H2,1-4H3,(H,24,27). The van der Waals surface area contributed by atoms with Crippen molar-refractivity contribution in [1.29, 1.82) is 0 Å². The van der Waals surface area contributed by atoms with Gasteiger partial charge in [-0.05, 0) is 50.5 Å². The average Bonchev–Trinajstić information content (AvgIpc) is 2.68. The number of ether oxygens (including phenoxy) is 2. The van der Waals surface area contributed by atoms with E-state index in [9.17, 15) is 9.59 Å². The lowest BCUT2D eigenvalue weighted by atomic mass is 9.99. The first kappa shape index (κ1) is 24.0. The lowest BCUT2D eigenvalue weighted by molar-refractivity contribution is -0.121. The second-order valence-corrected chi connectivity index (χ2v) is 8.52. The molecule has 1 aliphatic rings. The molecular formula is C22H31N3O4S. The summed E-state index contributed by atoms with van der Waals surface area (Å²) < 4.78 is 10.7. The predicted molar refractivity (Wildman–Crippen MR) is 121 cm³/mol. The molecule has 164 valence electrons. The molecule has 30 heavy (non-hydrogen) atoms. The average molecular weight is 434 g/mol. The predicted octanol–water partition coefficient (Wildman–Crippen LogP) is 2.42. The number of nitrogens with one attached hydrogen (secondary N) is 1. The molecule has 1 aromatic rings. The van der Waals surface area contributed by atoms with Crippen LogP contribution in [0.3, 0.4) is 0 Å². The summed E-state index contributed by atoms with van der Waals surface area (Å²) in [5.74, 6) is 0.470. The van der Waals surface area contributed by atoms with Crippen molar-refractivity contribution in [1.82, 2.24) is 10.2 Å². The lowest BCUT2D eigenvalue weighted by Crippen LogP contribution is -2.48. The van der Waals surface area contributed by atoms with Crippen LogP contribution in [0.15, 0.2) is 24.3 Å². The maximum absolute atomic E-state index is 12.6. The minimum atomic E-state index is -0.525. The van der Waals surface area contributed by atoms with Gasteiger partial charge >= 0.3 is 0 Å². The van der Waals surface area contributed by atoms with Crippen LogP contribution in [0, 0.1) is 0 Å². The zero-order valence-electron chi connectivity index (χ0n) is 18.1. The Bertz CT molecular complexity index is 830. The van der Waals surface area contributed by atoms with Crippen molar-refractivity contribution in [2.45, 2.75) is 45.3 Å². The Labute approximate surface area is 183 Å². The van der Waals surface area contributed by atoms with Gasteiger partial charge in [-0.3, -0.25) is 9.59 Å². The molecule has 0 fully saturated rings. The summed E-state index contributed by atoms with van der Waals surface area (Å²) in [5, 5.41) is 2.85. The molecule has 0 spiro atoms. The molecule has 1 aromatic carbocycles. The van der Waals surface area contributed by atoms with E-state index in [4.69, 9.17) is 27.4 Å². The number of rotatable bonds is 8.